The minimum Gasteiger partial charge on any atom is -0.397 e. The molecule has 1 nitrogen and oxygen atoms in total. The summed E-state index contributed by atoms with van der Waals surface area (Å²) in [5.41, 5.74) is 6.64. The summed E-state index contributed by atoms with van der Waals surface area (Å²) in [5, 5.41) is 0.479. The molecule has 56 valence electrons. The number of hydrogen-bond acceptors (Lipinski definition) is 1. The molecule has 3 heteroatoms. The molecule has 1 aromatic carbocycles. The predicted octanol–water partition coefficient (Wildman–Crippen LogP) is 2.67. The first-order chi connectivity index (χ1) is 5.15. The van der Waals surface area contributed by atoms with Gasteiger partial charge in [0.05, 0.1) is 10.7 Å². The molecule has 11 heavy (non-hydrogen) atoms. The minimum atomic E-state index is 0.456. The van der Waals surface area contributed by atoms with E-state index in [1.165, 1.54) is 0 Å². The van der Waals surface area contributed by atoms with Crippen LogP contribution in [-0.4, -0.2) is 0 Å². The third-order valence-corrected chi connectivity index (χ3v) is 2.02. The molecule has 2 N–H and O–H groups in total. The normalized spacial score (nSPS) is 9.18. The second-order valence-electron chi connectivity index (χ2n) is 1.99. The Hall–Kier alpha value is -0.650. The topological polar surface area (TPSA) is 26.0 Å². The Kier molecular flexibility index (Phi) is 2.43. The first-order valence-corrected chi connectivity index (χ1v) is 4.03. The van der Waals surface area contributed by atoms with E-state index in [0.29, 0.717) is 16.3 Å². The second-order valence-corrected chi connectivity index (χ2v) is 3.32. The summed E-state index contributed by atoms with van der Waals surface area (Å²) < 4.78 is 0.838. The lowest BCUT2D eigenvalue weighted by Gasteiger charge is -2.01. The summed E-state index contributed by atoms with van der Waals surface area (Å²) in [6.45, 7) is 0. The number of terminal acetylenes is 1. The Morgan fingerprint density at radius 1 is 1.55 bits per heavy atom. The van der Waals surface area contributed by atoms with Gasteiger partial charge in [0.2, 0.25) is 0 Å². The SMILES string of the molecule is C#Cc1cc(Br)cc(Cl)c1N. The number of nitrogens with two attached hydrogens (primary N) is 1. The highest BCUT2D eigenvalue weighted by Gasteiger charge is 2.02. The van der Waals surface area contributed by atoms with E-state index in [0.717, 1.165) is 4.47 Å². The Morgan fingerprint density at radius 2 is 2.18 bits per heavy atom. The van der Waals surface area contributed by atoms with Gasteiger partial charge in [-0.3, -0.25) is 0 Å². The van der Waals surface area contributed by atoms with E-state index in [1.54, 1.807) is 12.1 Å². The van der Waals surface area contributed by atoms with E-state index in [2.05, 4.69) is 21.9 Å². The molecule has 0 bridgehead atoms. The van der Waals surface area contributed by atoms with Gasteiger partial charge >= 0.3 is 0 Å². The van der Waals surface area contributed by atoms with E-state index in [-0.39, 0.29) is 0 Å². The third-order valence-electron chi connectivity index (χ3n) is 1.25. The van der Waals surface area contributed by atoms with Crippen LogP contribution in [0.2, 0.25) is 5.02 Å². The van der Waals surface area contributed by atoms with E-state index in [1.807, 2.05) is 0 Å². The van der Waals surface area contributed by atoms with Crippen LogP contribution in [0.3, 0.4) is 0 Å². The third kappa shape index (κ3) is 1.68. The number of benzene rings is 1. The minimum absolute atomic E-state index is 0.456. The lowest BCUT2D eigenvalue weighted by molar-refractivity contribution is 1.59. The molecule has 0 aromatic heterocycles. The molecule has 0 saturated carbocycles. The zero-order valence-corrected chi connectivity index (χ0v) is 7.91. The van der Waals surface area contributed by atoms with E-state index < -0.39 is 0 Å². The van der Waals surface area contributed by atoms with Crippen LogP contribution in [0.5, 0.6) is 0 Å². The molecule has 0 amide bonds. The van der Waals surface area contributed by atoms with Crippen LogP contribution in [0.4, 0.5) is 5.69 Å². The number of hydrogen-bond donors (Lipinski definition) is 1. The van der Waals surface area contributed by atoms with Crippen molar-refractivity contribution >= 4 is 33.2 Å². The quantitative estimate of drug-likeness (QED) is 0.538. The molecule has 0 radical (unpaired) electrons. The summed E-state index contributed by atoms with van der Waals surface area (Å²) in [6.07, 6.45) is 5.18. The zero-order valence-electron chi connectivity index (χ0n) is 5.57. The van der Waals surface area contributed by atoms with E-state index >= 15 is 0 Å². The Balaban J connectivity index is 3.39. The number of halogens is 2. The Morgan fingerprint density at radius 3 is 2.73 bits per heavy atom. The van der Waals surface area contributed by atoms with Crippen molar-refractivity contribution in [3.8, 4) is 12.3 Å². The summed E-state index contributed by atoms with van der Waals surface area (Å²) in [7, 11) is 0. The highest BCUT2D eigenvalue weighted by molar-refractivity contribution is 9.10. The molecule has 0 atom stereocenters. The lowest BCUT2D eigenvalue weighted by Crippen LogP contribution is -1.90. The molecule has 1 aromatic rings. The van der Waals surface area contributed by atoms with Crippen molar-refractivity contribution in [2.45, 2.75) is 0 Å². The van der Waals surface area contributed by atoms with Crippen LogP contribution < -0.4 is 5.73 Å². The maximum absolute atomic E-state index is 5.75. The van der Waals surface area contributed by atoms with E-state index in [4.69, 9.17) is 23.8 Å². The average molecular weight is 230 g/mol. The first-order valence-electron chi connectivity index (χ1n) is 2.86. The summed E-state index contributed by atoms with van der Waals surface area (Å²) in [6, 6.07) is 3.46. The standard InChI is InChI=1S/C8H5BrClN/c1-2-5-3-6(9)4-7(10)8(5)11/h1,3-4H,11H2. The van der Waals surface area contributed by atoms with Crippen molar-refractivity contribution in [1.29, 1.82) is 0 Å². The van der Waals surface area contributed by atoms with Gasteiger partial charge in [-0.2, -0.15) is 0 Å². The zero-order chi connectivity index (χ0) is 8.43. The van der Waals surface area contributed by atoms with Crippen LogP contribution in [-0.2, 0) is 0 Å². The van der Waals surface area contributed by atoms with Crippen LogP contribution in [0.1, 0.15) is 5.56 Å². The van der Waals surface area contributed by atoms with Crippen molar-refractivity contribution in [2.75, 3.05) is 5.73 Å². The summed E-state index contributed by atoms with van der Waals surface area (Å²) in [4.78, 5) is 0. The molecular formula is C8H5BrClN. The predicted molar refractivity (Wildman–Crippen MR) is 51.5 cm³/mol. The fourth-order valence-electron chi connectivity index (χ4n) is 0.704. The van der Waals surface area contributed by atoms with Crippen molar-refractivity contribution in [3.05, 3.63) is 27.2 Å². The molecule has 0 aliphatic heterocycles. The maximum Gasteiger partial charge on any atom is 0.0663 e. The van der Waals surface area contributed by atoms with Gasteiger partial charge in [-0.05, 0) is 12.1 Å². The van der Waals surface area contributed by atoms with Gasteiger partial charge in [-0.25, -0.2) is 0 Å². The molecule has 0 saturated heterocycles. The molecule has 0 spiro atoms. The van der Waals surface area contributed by atoms with Gasteiger partial charge in [0.25, 0.3) is 0 Å². The van der Waals surface area contributed by atoms with Crippen LogP contribution in [0.25, 0.3) is 0 Å². The molecule has 0 fully saturated rings. The largest absolute Gasteiger partial charge is 0.397 e. The fourth-order valence-corrected chi connectivity index (χ4v) is 1.51. The van der Waals surface area contributed by atoms with Gasteiger partial charge in [-0.1, -0.05) is 33.5 Å². The van der Waals surface area contributed by atoms with Gasteiger partial charge in [0, 0.05) is 10.0 Å². The Bertz CT molecular complexity index is 328. The lowest BCUT2D eigenvalue weighted by atomic mass is 10.2. The first kappa shape index (κ1) is 8.45. The van der Waals surface area contributed by atoms with E-state index in [9.17, 15) is 0 Å². The molecule has 1 rings (SSSR count). The van der Waals surface area contributed by atoms with Gasteiger partial charge in [-0.15, -0.1) is 6.42 Å². The molecule has 0 unspecified atom stereocenters. The van der Waals surface area contributed by atoms with Gasteiger partial charge in [0.1, 0.15) is 0 Å². The van der Waals surface area contributed by atoms with Crippen molar-refractivity contribution in [1.82, 2.24) is 0 Å². The van der Waals surface area contributed by atoms with Crippen LogP contribution in [0, 0.1) is 12.3 Å². The maximum atomic E-state index is 5.75. The summed E-state index contributed by atoms with van der Waals surface area (Å²) in [5.74, 6) is 2.44. The van der Waals surface area contributed by atoms with Crippen LogP contribution >= 0.6 is 27.5 Å². The monoisotopic (exact) mass is 229 g/mol. The molecular weight excluding hydrogens is 225 g/mol. The average Bonchev–Trinajstić information content (AvgIpc) is 1.96. The fraction of sp³-hybridized carbons (Fsp3) is 0. The van der Waals surface area contributed by atoms with Crippen molar-refractivity contribution in [2.24, 2.45) is 0 Å². The highest BCUT2D eigenvalue weighted by atomic mass is 79.9. The molecule has 0 aliphatic carbocycles. The number of anilines is 1. The van der Waals surface area contributed by atoms with Gasteiger partial charge in [0.15, 0.2) is 0 Å². The number of nitrogen functional groups attached to an aromatic ring is 1. The van der Waals surface area contributed by atoms with Crippen molar-refractivity contribution in [3.63, 3.8) is 0 Å². The number of rotatable bonds is 0. The second kappa shape index (κ2) is 3.17. The summed E-state index contributed by atoms with van der Waals surface area (Å²) >= 11 is 9.00. The highest BCUT2D eigenvalue weighted by Crippen LogP contribution is 2.26. The molecule has 0 heterocycles. The van der Waals surface area contributed by atoms with Crippen molar-refractivity contribution < 1.29 is 0 Å². The molecule has 0 aliphatic rings. The Labute approximate surface area is 78.7 Å². The smallest absolute Gasteiger partial charge is 0.0663 e. The van der Waals surface area contributed by atoms with Gasteiger partial charge < -0.3 is 5.73 Å². The van der Waals surface area contributed by atoms with Crippen LogP contribution in [0.15, 0.2) is 16.6 Å².